The van der Waals surface area contributed by atoms with Gasteiger partial charge in [-0.05, 0) is 38.9 Å². The standard InChI is InChI=1S/C11H16BrN3O2S/c1-6(2)9(15-11(13)17)10(16)14-4-7-3-8(12)18-5-7/h3,5-6,9H,4H2,1-2H3,(H,14,16)(H3,13,15,17)/t9-/m0/s1. The summed E-state index contributed by atoms with van der Waals surface area (Å²) < 4.78 is 1.02. The number of rotatable bonds is 5. The number of thiophene rings is 1. The van der Waals surface area contributed by atoms with E-state index in [4.69, 9.17) is 5.73 Å². The molecular formula is C11H16BrN3O2S. The van der Waals surface area contributed by atoms with E-state index >= 15 is 0 Å². The molecule has 0 bridgehead atoms. The van der Waals surface area contributed by atoms with Gasteiger partial charge in [-0.1, -0.05) is 13.8 Å². The second kappa shape index (κ2) is 6.75. The first kappa shape index (κ1) is 15.0. The molecule has 0 spiro atoms. The molecule has 1 aromatic heterocycles. The molecule has 5 nitrogen and oxygen atoms in total. The van der Waals surface area contributed by atoms with Gasteiger partial charge in [0.2, 0.25) is 5.91 Å². The van der Waals surface area contributed by atoms with Crippen LogP contribution in [-0.4, -0.2) is 18.0 Å². The van der Waals surface area contributed by atoms with Crippen LogP contribution in [0.15, 0.2) is 15.2 Å². The molecule has 0 unspecified atom stereocenters. The summed E-state index contributed by atoms with van der Waals surface area (Å²) in [4.78, 5) is 22.7. The molecule has 100 valence electrons. The molecule has 0 radical (unpaired) electrons. The minimum atomic E-state index is -0.692. The molecule has 4 N–H and O–H groups in total. The monoisotopic (exact) mass is 333 g/mol. The van der Waals surface area contributed by atoms with Crippen molar-refractivity contribution in [1.29, 1.82) is 0 Å². The van der Waals surface area contributed by atoms with Crippen LogP contribution in [0.2, 0.25) is 0 Å². The highest BCUT2D eigenvalue weighted by molar-refractivity contribution is 9.11. The fourth-order valence-corrected chi connectivity index (χ4v) is 2.63. The highest BCUT2D eigenvalue weighted by Gasteiger charge is 2.22. The van der Waals surface area contributed by atoms with Gasteiger partial charge in [0.15, 0.2) is 0 Å². The highest BCUT2D eigenvalue weighted by atomic mass is 79.9. The van der Waals surface area contributed by atoms with Crippen LogP contribution in [0, 0.1) is 5.92 Å². The number of primary amides is 1. The maximum atomic E-state index is 11.9. The lowest BCUT2D eigenvalue weighted by atomic mass is 10.0. The SMILES string of the molecule is CC(C)[C@H](NC(N)=O)C(=O)NCc1csc(Br)c1. The van der Waals surface area contributed by atoms with E-state index in [9.17, 15) is 9.59 Å². The van der Waals surface area contributed by atoms with E-state index in [1.54, 1.807) is 11.3 Å². The van der Waals surface area contributed by atoms with E-state index in [1.165, 1.54) is 0 Å². The van der Waals surface area contributed by atoms with Gasteiger partial charge in [0.1, 0.15) is 6.04 Å². The van der Waals surface area contributed by atoms with Crippen molar-refractivity contribution in [2.75, 3.05) is 0 Å². The largest absolute Gasteiger partial charge is 0.352 e. The molecule has 1 heterocycles. The lowest BCUT2D eigenvalue weighted by Gasteiger charge is -2.20. The van der Waals surface area contributed by atoms with Crippen molar-refractivity contribution in [2.24, 2.45) is 11.7 Å². The predicted molar refractivity (Wildman–Crippen MR) is 75.2 cm³/mol. The summed E-state index contributed by atoms with van der Waals surface area (Å²) in [7, 11) is 0. The van der Waals surface area contributed by atoms with Crippen molar-refractivity contribution < 1.29 is 9.59 Å². The molecule has 0 saturated carbocycles. The molecule has 0 aromatic carbocycles. The lowest BCUT2D eigenvalue weighted by Crippen LogP contribution is -2.51. The lowest BCUT2D eigenvalue weighted by molar-refractivity contribution is -0.124. The molecule has 1 rings (SSSR count). The zero-order valence-corrected chi connectivity index (χ0v) is 12.6. The molecule has 18 heavy (non-hydrogen) atoms. The van der Waals surface area contributed by atoms with Crippen molar-refractivity contribution in [3.8, 4) is 0 Å². The molecule has 7 heteroatoms. The summed E-state index contributed by atoms with van der Waals surface area (Å²) in [6, 6.07) is 0.642. The normalized spacial score (nSPS) is 12.2. The van der Waals surface area contributed by atoms with Gasteiger partial charge >= 0.3 is 6.03 Å². The maximum absolute atomic E-state index is 11.9. The van der Waals surface area contributed by atoms with Gasteiger partial charge in [0, 0.05) is 6.54 Å². The van der Waals surface area contributed by atoms with Gasteiger partial charge < -0.3 is 16.4 Å². The van der Waals surface area contributed by atoms with Gasteiger partial charge in [-0.2, -0.15) is 0 Å². The topological polar surface area (TPSA) is 84.2 Å². The second-order valence-corrected chi connectivity index (χ2v) is 6.50. The molecule has 1 atom stereocenters. The third kappa shape index (κ3) is 4.66. The summed E-state index contributed by atoms with van der Waals surface area (Å²) in [5.41, 5.74) is 6.06. The Morgan fingerprint density at radius 1 is 1.50 bits per heavy atom. The minimum absolute atomic E-state index is 0.0216. The Labute approximate surface area is 118 Å². The first-order valence-corrected chi connectivity index (χ1v) is 7.14. The van der Waals surface area contributed by atoms with Crippen LogP contribution in [0.3, 0.4) is 0 Å². The second-order valence-electron chi connectivity index (χ2n) is 4.21. The Bertz CT molecular complexity index is 434. The Morgan fingerprint density at radius 3 is 2.61 bits per heavy atom. The van der Waals surface area contributed by atoms with Crippen LogP contribution in [0.5, 0.6) is 0 Å². The van der Waals surface area contributed by atoms with Gasteiger partial charge in [-0.15, -0.1) is 11.3 Å². The number of nitrogens with one attached hydrogen (secondary N) is 2. The first-order valence-electron chi connectivity index (χ1n) is 5.46. The molecule has 1 aromatic rings. The van der Waals surface area contributed by atoms with E-state index in [0.717, 1.165) is 9.35 Å². The smallest absolute Gasteiger partial charge is 0.312 e. The predicted octanol–water partition coefficient (Wildman–Crippen LogP) is 1.82. The van der Waals surface area contributed by atoms with Gasteiger partial charge in [0.05, 0.1) is 3.79 Å². The number of halogens is 1. The number of hydrogen-bond acceptors (Lipinski definition) is 3. The molecule has 0 aliphatic rings. The molecule has 0 aliphatic heterocycles. The average molecular weight is 334 g/mol. The fourth-order valence-electron chi connectivity index (χ4n) is 1.43. The van der Waals surface area contributed by atoms with Crippen LogP contribution in [-0.2, 0) is 11.3 Å². The number of amides is 3. The number of carbonyl (C=O) groups is 2. The Morgan fingerprint density at radius 2 is 2.17 bits per heavy atom. The van der Waals surface area contributed by atoms with Crippen molar-refractivity contribution in [3.05, 3.63) is 20.8 Å². The first-order chi connectivity index (χ1) is 8.40. The summed E-state index contributed by atoms with van der Waals surface area (Å²) >= 11 is 4.91. The van der Waals surface area contributed by atoms with Crippen LogP contribution in [0.4, 0.5) is 4.79 Å². The van der Waals surface area contributed by atoms with Crippen molar-refractivity contribution >= 4 is 39.2 Å². The molecule has 3 amide bonds. The van der Waals surface area contributed by atoms with E-state index in [1.807, 2.05) is 25.3 Å². The van der Waals surface area contributed by atoms with E-state index in [2.05, 4.69) is 26.6 Å². The zero-order valence-electron chi connectivity index (χ0n) is 10.2. The van der Waals surface area contributed by atoms with Crippen LogP contribution < -0.4 is 16.4 Å². The Balaban J connectivity index is 2.53. The third-order valence-electron chi connectivity index (χ3n) is 2.34. The third-order valence-corrected chi connectivity index (χ3v) is 3.89. The van der Waals surface area contributed by atoms with E-state index in [0.29, 0.717) is 6.54 Å². The van der Waals surface area contributed by atoms with Gasteiger partial charge in [-0.25, -0.2) is 4.79 Å². The van der Waals surface area contributed by atoms with E-state index < -0.39 is 12.1 Å². The summed E-state index contributed by atoms with van der Waals surface area (Å²) in [6.45, 7) is 4.13. The van der Waals surface area contributed by atoms with Crippen LogP contribution >= 0.6 is 27.3 Å². The van der Waals surface area contributed by atoms with Crippen molar-refractivity contribution in [3.63, 3.8) is 0 Å². The molecule has 0 saturated heterocycles. The number of carbonyl (C=O) groups excluding carboxylic acids is 2. The highest BCUT2D eigenvalue weighted by Crippen LogP contribution is 2.20. The molecule has 0 fully saturated rings. The molecule has 0 aliphatic carbocycles. The summed E-state index contributed by atoms with van der Waals surface area (Å²) in [6.07, 6.45) is 0. The van der Waals surface area contributed by atoms with Crippen LogP contribution in [0.25, 0.3) is 0 Å². The van der Waals surface area contributed by atoms with Gasteiger partial charge in [0.25, 0.3) is 0 Å². The average Bonchev–Trinajstić information content (AvgIpc) is 2.68. The molecular weight excluding hydrogens is 318 g/mol. The van der Waals surface area contributed by atoms with Crippen LogP contribution in [0.1, 0.15) is 19.4 Å². The Kier molecular flexibility index (Phi) is 5.61. The van der Waals surface area contributed by atoms with E-state index in [-0.39, 0.29) is 11.8 Å². The van der Waals surface area contributed by atoms with Crippen molar-refractivity contribution in [1.82, 2.24) is 10.6 Å². The summed E-state index contributed by atoms with van der Waals surface area (Å²) in [5.74, 6) is -0.252. The summed E-state index contributed by atoms with van der Waals surface area (Å²) in [5, 5.41) is 7.17. The quantitative estimate of drug-likeness (QED) is 0.767. The fraction of sp³-hybridized carbons (Fsp3) is 0.455. The maximum Gasteiger partial charge on any atom is 0.312 e. The van der Waals surface area contributed by atoms with Crippen molar-refractivity contribution in [2.45, 2.75) is 26.4 Å². The zero-order chi connectivity index (χ0) is 13.7. The number of nitrogens with two attached hydrogens (primary N) is 1. The Hall–Kier alpha value is -1.08. The van der Waals surface area contributed by atoms with Gasteiger partial charge in [-0.3, -0.25) is 4.79 Å². The number of hydrogen-bond donors (Lipinski definition) is 3. The minimum Gasteiger partial charge on any atom is -0.352 e. The number of urea groups is 1.